The molecule has 0 radical (unpaired) electrons. The van der Waals surface area contributed by atoms with E-state index in [0.29, 0.717) is 5.41 Å². The molecule has 2 unspecified atom stereocenters. The van der Waals surface area contributed by atoms with E-state index >= 15 is 0 Å². The van der Waals surface area contributed by atoms with E-state index in [2.05, 4.69) is 41.5 Å². The van der Waals surface area contributed by atoms with Crippen LogP contribution in [0.4, 0.5) is 0 Å². The third-order valence-electron chi connectivity index (χ3n) is 6.35. The number of hydrogen-bond acceptors (Lipinski definition) is 0. The van der Waals surface area contributed by atoms with Gasteiger partial charge in [-0.3, -0.25) is 0 Å². The predicted octanol–water partition coefficient (Wildman–Crippen LogP) is 9.18. The summed E-state index contributed by atoms with van der Waals surface area (Å²) >= 11 is 0. The summed E-state index contributed by atoms with van der Waals surface area (Å²) in [6.45, 7) is 14.4. The van der Waals surface area contributed by atoms with E-state index < -0.39 is 0 Å². The molecule has 0 nitrogen and oxygen atoms in total. The first-order chi connectivity index (χ1) is 11.7. The van der Waals surface area contributed by atoms with Crippen LogP contribution >= 0.6 is 0 Å². The maximum atomic E-state index is 2.43. The van der Waals surface area contributed by atoms with Gasteiger partial charge in [-0.25, -0.2) is 0 Å². The number of rotatable bonds is 17. The van der Waals surface area contributed by atoms with Gasteiger partial charge >= 0.3 is 0 Å². The van der Waals surface area contributed by atoms with Crippen molar-refractivity contribution in [3.8, 4) is 0 Å². The lowest BCUT2D eigenvalue weighted by Gasteiger charge is -2.46. The quantitative estimate of drug-likeness (QED) is 0.248. The molecule has 0 aromatic rings. The Balaban J connectivity index is 5.54. The first-order valence-corrected chi connectivity index (χ1v) is 11.7. The smallest absolute Gasteiger partial charge is 0.0267 e. The minimum atomic E-state index is 0.643. The topological polar surface area (TPSA) is 0 Å². The van der Waals surface area contributed by atoms with Gasteiger partial charge in [0.05, 0.1) is 0 Å². The second kappa shape index (κ2) is 15.3. The molecule has 0 fully saturated rings. The van der Waals surface area contributed by atoms with Crippen molar-refractivity contribution >= 4 is 0 Å². The van der Waals surface area contributed by atoms with Crippen LogP contribution in [0.25, 0.3) is 0 Å². The Hall–Kier alpha value is 0. The third kappa shape index (κ3) is 8.39. The largest absolute Gasteiger partial charge is 0.0654 e. The summed E-state index contributed by atoms with van der Waals surface area (Å²) in [7, 11) is 0. The van der Waals surface area contributed by atoms with Crippen molar-refractivity contribution in [2.24, 2.45) is 17.3 Å². The van der Waals surface area contributed by atoms with Gasteiger partial charge in [0.15, 0.2) is 0 Å². The van der Waals surface area contributed by atoms with Crippen molar-refractivity contribution in [3.05, 3.63) is 0 Å². The number of hydrogen-bond donors (Lipinski definition) is 0. The fraction of sp³-hybridized carbons (Fsp3) is 1.00. The molecule has 0 saturated heterocycles. The monoisotopic (exact) mass is 338 g/mol. The maximum absolute atomic E-state index is 2.43. The molecule has 0 saturated carbocycles. The van der Waals surface area contributed by atoms with Crippen molar-refractivity contribution in [2.45, 2.75) is 138 Å². The first kappa shape index (κ1) is 24.0. The van der Waals surface area contributed by atoms with E-state index in [1.54, 1.807) is 0 Å². The van der Waals surface area contributed by atoms with Crippen molar-refractivity contribution in [1.29, 1.82) is 0 Å². The van der Waals surface area contributed by atoms with Crippen LogP contribution in [0.5, 0.6) is 0 Å². The van der Waals surface area contributed by atoms with Crippen LogP contribution in [0.1, 0.15) is 138 Å². The SMILES string of the molecule is CCCCC(CCC)C(CCC)C(CCC)(CCCC)CCCC. The van der Waals surface area contributed by atoms with Gasteiger partial charge in [0, 0.05) is 0 Å². The molecule has 0 aliphatic carbocycles. The lowest BCUT2D eigenvalue weighted by atomic mass is 9.59. The van der Waals surface area contributed by atoms with Crippen molar-refractivity contribution < 1.29 is 0 Å². The second-order valence-electron chi connectivity index (χ2n) is 8.41. The molecule has 0 rings (SSSR count). The molecule has 0 aliphatic heterocycles. The van der Waals surface area contributed by atoms with Crippen LogP contribution in [0.15, 0.2) is 0 Å². The highest BCUT2D eigenvalue weighted by Crippen LogP contribution is 2.50. The van der Waals surface area contributed by atoms with Crippen LogP contribution in [-0.4, -0.2) is 0 Å². The standard InChI is InChI=1S/C24H50/c1-7-13-18-22(16-10-4)23(17-11-5)24(19-12-6,20-14-8-2)21-15-9-3/h22-23H,7-21H2,1-6H3. The molecule has 146 valence electrons. The van der Waals surface area contributed by atoms with Crippen LogP contribution in [0, 0.1) is 17.3 Å². The lowest BCUT2D eigenvalue weighted by Crippen LogP contribution is -2.36. The Morgan fingerprint density at radius 2 is 1.04 bits per heavy atom. The molecule has 0 aliphatic rings. The Labute approximate surface area is 155 Å². The summed E-state index contributed by atoms with van der Waals surface area (Å²) in [5.41, 5.74) is 0.643. The lowest BCUT2D eigenvalue weighted by molar-refractivity contribution is 0.0424. The summed E-state index contributed by atoms with van der Waals surface area (Å²) in [5, 5.41) is 0. The van der Waals surface area contributed by atoms with Crippen LogP contribution in [-0.2, 0) is 0 Å². The fourth-order valence-corrected chi connectivity index (χ4v) is 5.22. The van der Waals surface area contributed by atoms with E-state index in [0.717, 1.165) is 11.8 Å². The molecule has 0 amide bonds. The number of unbranched alkanes of at least 4 members (excludes halogenated alkanes) is 3. The molecule has 0 aromatic carbocycles. The molecule has 0 aromatic heterocycles. The van der Waals surface area contributed by atoms with E-state index in [1.807, 2.05) is 0 Å². The minimum absolute atomic E-state index is 0.643. The van der Waals surface area contributed by atoms with Gasteiger partial charge < -0.3 is 0 Å². The second-order valence-corrected chi connectivity index (χ2v) is 8.41. The van der Waals surface area contributed by atoms with Crippen LogP contribution in [0.3, 0.4) is 0 Å². The maximum Gasteiger partial charge on any atom is -0.0267 e. The first-order valence-electron chi connectivity index (χ1n) is 11.7. The molecule has 24 heavy (non-hydrogen) atoms. The summed E-state index contributed by atoms with van der Waals surface area (Å²) in [6.07, 6.45) is 21.4. The van der Waals surface area contributed by atoms with E-state index in [1.165, 1.54) is 96.3 Å². The molecule has 0 heterocycles. The molecule has 0 N–H and O–H groups in total. The Kier molecular flexibility index (Phi) is 15.3. The van der Waals surface area contributed by atoms with E-state index in [-0.39, 0.29) is 0 Å². The van der Waals surface area contributed by atoms with Crippen molar-refractivity contribution in [2.75, 3.05) is 0 Å². The summed E-state index contributed by atoms with van der Waals surface area (Å²) in [6, 6.07) is 0. The molecule has 0 bridgehead atoms. The molecular weight excluding hydrogens is 288 g/mol. The van der Waals surface area contributed by atoms with Crippen LogP contribution in [0.2, 0.25) is 0 Å². The Morgan fingerprint density at radius 1 is 0.500 bits per heavy atom. The minimum Gasteiger partial charge on any atom is -0.0654 e. The van der Waals surface area contributed by atoms with Gasteiger partial charge in [0.25, 0.3) is 0 Å². The van der Waals surface area contributed by atoms with Gasteiger partial charge in [0.1, 0.15) is 0 Å². The average molecular weight is 339 g/mol. The highest BCUT2D eigenvalue weighted by atomic mass is 14.4. The summed E-state index contributed by atoms with van der Waals surface area (Å²) in [4.78, 5) is 0. The van der Waals surface area contributed by atoms with E-state index in [9.17, 15) is 0 Å². The van der Waals surface area contributed by atoms with E-state index in [4.69, 9.17) is 0 Å². The van der Waals surface area contributed by atoms with Crippen molar-refractivity contribution in [3.63, 3.8) is 0 Å². The highest BCUT2D eigenvalue weighted by molar-refractivity contribution is 4.90. The zero-order valence-electron chi connectivity index (χ0n) is 18.3. The molecular formula is C24H50. The highest BCUT2D eigenvalue weighted by Gasteiger charge is 2.39. The Morgan fingerprint density at radius 3 is 1.46 bits per heavy atom. The van der Waals surface area contributed by atoms with Gasteiger partial charge in [0.2, 0.25) is 0 Å². The van der Waals surface area contributed by atoms with Gasteiger partial charge in [-0.05, 0) is 42.9 Å². The van der Waals surface area contributed by atoms with Gasteiger partial charge in [-0.1, -0.05) is 112 Å². The predicted molar refractivity (Wildman–Crippen MR) is 113 cm³/mol. The van der Waals surface area contributed by atoms with Crippen molar-refractivity contribution in [1.82, 2.24) is 0 Å². The average Bonchev–Trinajstić information content (AvgIpc) is 2.59. The Bertz CT molecular complexity index is 247. The normalized spacial score (nSPS) is 14.8. The zero-order chi connectivity index (χ0) is 18.3. The third-order valence-corrected chi connectivity index (χ3v) is 6.35. The van der Waals surface area contributed by atoms with Gasteiger partial charge in [-0.15, -0.1) is 0 Å². The van der Waals surface area contributed by atoms with Crippen LogP contribution < -0.4 is 0 Å². The summed E-state index contributed by atoms with van der Waals surface area (Å²) < 4.78 is 0. The molecule has 0 heteroatoms. The fourth-order valence-electron chi connectivity index (χ4n) is 5.22. The molecule has 0 spiro atoms. The summed E-state index contributed by atoms with van der Waals surface area (Å²) in [5.74, 6) is 1.96. The van der Waals surface area contributed by atoms with Gasteiger partial charge in [-0.2, -0.15) is 0 Å². The zero-order valence-corrected chi connectivity index (χ0v) is 18.3. The molecule has 2 atom stereocenters.